The van der Waals surface area contributed by atoms with Gasteiger partial charge in [0.05, 0.1) is 24.4 Å². The number of fused-ring (bicyclic) bond motifs is 8. The summed E-state index contributed by atoms with van der Waals surface area (Å²) in [6.45, 7) is 41.0. The van der Waals surface area contributed by atoms with E-state index in [1.165, 1.54) is 173 Å². The van der Waals surface area contributed by atoms with Gasteiger partial charge in [0.1, 0.15) is 5.60 Å². The highest BCUT2D eigenvalue weighted by atomic mass is 32.2. The molecule has 4 aliphatic carbocycles. The Bertz CT molecular complexity index is 3630. The maximum absolute atomic E-state index is 12.4. The van der Waals surface area contributed by atoms with Gasteiger partial charge < -0.3 is 40.3 Å². The van der Waals surface area contributed by atoms with Crippen molar-refractivity contribution in [3.63, 3.8) is 0 Å². The van der Waals surface area contributed by atoms with Gasteiger partial charge in [-0.3, -0.25) is 14.4 Å². The van der Waals surface area contributed by atoms with Gasteiger partial charge in [-0.15, -0.1) is 0 Å². The maximum Gasteiger partial charge on any atom is 0.410 e. The van der Waals surface area contributed by atoms with Crippen LogP contribution in [0.4, 0.5) is 4.79 Å². The summed E-state index contributed by atoms with van der Waals surface area (Å²) in [6.07, 6.45) is 24.9. The van der Waals surface area contributed by atoms with Gasteiger partial charge in [0.25, 0.3) is 0 Å². The van der Waals surface area contributed by atoms with Crippen molar-refractivity contribution >= 4 is 33.8 Å². The SMILES string of the molecule is CC(=O)N[C@H]1CC2(CCN(CC(C)CCC=C(C)C)CC2)c2ccccc21.CC(=O)N[C@H]1CCC2(CCN(C(=O)OC(C)(C)C)CC2)c2ccccc21.CC(=O)N[C@H]1CCC2(CCN(CCC(C)C)CC2)c2ccccc21.CC(C)(C)CCN1CCC2(CC[C@H](NS(C)(=O)=O)c3ccccc32)CC1.[HH].[HH].[HH].[HH]. The second-order valence-electron chi connectivity index (χ2n) is 35.4. The van der Waals surface area contributed by atoms with Crippen LogP contribution < -0.4 is 20.7 Å². The van der Waals surface area contributed by atoms with E-state index in [9.17, 15) is 27.6 Å². The lowest BCUT2D eigenvalue weighted by Crippen LogP contribution is -2.49. The first-order valence-electron chi connectivity index (χ1n) is 39.6. The van der Waals surface area contributed by atoms with E-state index < -0.39 is 15.6 Å². The molecule has 576 valence electrons. The highest BCUT2D eigenvalue weighted by molar-refractivity contribution is 7.88. The molecular formula is C87H140N8O7S. The Morgan fingerprint density at radius 1 is 0.505 bits per heavy atom. The van der Waals surface area contributed by atoms with Gasteiger partial charge in [-0.25, -0.2) is 17.9 Å². The summed E-state index contributed by atoms with van der Waals surface area (Å²) in [5.41, 5.74) is 13.1. The number of ether oxygens (including phenoxy) is 1. The molecule has 5 atom stereocenters. The van der Waals surface area contributed by atoms with Gasteiger partial charge in [-0.2, -0.15) is 0 Å². The number of hydrogen-bond donors (Lipinski definition) is 4. The molecule has 12 rings (SSSR count). The fourth-order valence-corrected chi connectivity index (χ4v) is 19.4. The number of allylic oxidation sites excluding steroid dienone is 2. The predicted octanol–water partition coefficient (Wildman–Crippen LogP) is 17.8. The van der Waals surface area contributed by atoms with Crippen LogP contribution in [0.25, 0.3) is 0 Å². The number of nitrogens with zero attached hydrogens (tertiary/aromatic N) is 4. The Morgan fingerprint density at radius 3 is 1.28 bits per heavy atom. The lowest BCUT2D eigenvalue weighted by atomic mass is 9.63. The number of carbonyl (C=O) groups is 4. The summed E-state index contributed by atoms with van der Waals surface area (Å²) < 4.78 is 31.9. The van der Waals surface area contributed by atoms with Gasteiger partial charge in [0.2, 0.25) is 27.7 Å². The molecule has 103 heavy (non-hydrogen) atoms. The minimum absolute atomic E-state index is 0. The zero-order valence-corrected chi connectivity index (χ0v) is 66.9. The van der Waals surface area contributed by atoms with Crippen molar-refractivity contribution in [2.75, 3.05) is 78.2 Å². The molecule has 0 bridgehead atoms. The average Bonchev–Trinajstić information content (AvgIpc) is 1.68. The highest BCUT2D eigenvalue weighted by Gasteiger charge is 2.48. The minimum Gasteiger partial charge on any atom is -0.444 e. The number of amides is 4. The van der Waals surface area contributed by atoms with Crippen LogP contribution in [0.3, 0.4) is 0 Å². The average molecular weight is 1440 g/mol. The molecule has 4 aliphatic heterocycles. The van der Waals surface area contributed by atoms with Crippen molar-refractivity contribution in [2.24, 2.45) is 17.3 Å². The smallest absolute Gasteiger partial charge is 0.410 e. The van der Waals surface area contributed by atoms with Crippen molar-refractivity contribution in [3.8, 4) is 0 Å². The molecule has 4 spiro atoms. The molecular weight excluding hydrogens is 1300 g/mol. The van der Waals surface area contributed by atoms with Crippen LogP contribution >= 0.6 is 0 Å². The molecule has 0 radical (unpaired) electrons. The molecule has 0 aromatic heterocycles. The topological polar surface area (TPSA) is 173 Å². The van der Waals surface area contributed by atoms with Crippen LogP contribution in [0.1, 0.15) is 293 Å². The number of hydrogen-bond acceptors (Lipinski definition) is 10. The highest BCUT2D eigenvalue weighted by Crippen LogP contribution is 2.53. The van der Waals surface area contributed by atoms with E-state index >= 15 is 0 Å². The monoisotopic (exact) mass is 1440 g/mol. The summed E-state index contributed by atoms with van der Waals surface area (Å²) in [5.74, 6) is 1.71. The molecule has 8 aliphatic rings. The van der Waals surface area contributed by atoms with Gasteiger partial charge >= 0.3 is 6.09 Å². The van der Waals surface area contributed by atoms with E-state index in [-0.39, 0.29) is 69.9 Å². The molecule has 4 N–H and O–H groups in total. The molecule has 15 nitrogen and oxygen atoms in total. The summed E-state index contributed by atoms with van der Waals surface area (Å²) in [5, 5.41) is 9.43. The van der Waals surface area contributed by atoms with Gasteiger partial charge in [-0.05, 0) is 287 Å². The van der Waals surface area contributed by atoms with Gasteiger partial charge in [-0.1, -0.05) is 150 Å². The largest absolute Gasteiger partial charge is 0.444 e. The fraction of sp³-hybridized carbons (Fsp3) is 0.655. The number of carbonyl (C=O) groups excluding carboxylic acids is 4. The molecule has 4 fully saturated rings. The molecule has 16 heteroatoms. The molecule has 4 saturated heterocycles. The summed E-state index contributed by atoms with van der Waals surface area (Å²) in [6, 6.07) is 35.0. The number of nitrogens with one attached hydrogen (secondary N) is 4. The zero-order valence-electron chi connectivity index (χ0n) is 66.0. The Labute approximate surface area is 628 Å². The first-order valence-corrected chi connectivity index (χ1v) is 41.5. The maximum atomic E-state index is 12.4. The fourth-order valence-electron chi connectivity index (χ4n) is 18.6. The van der Waals surface area contributed by atoms with Crippen molar-refractivity contribution in [1.29, 1.82) is 0 Å². The Kier molecular flexibility index (Phi) is 27.7. The van der Waals surface area contributed by atoms with E-state index in [4.69, 9.17) is 4.74 Å². The van der Waals surface area contributed by atoms with Crippen LogP contribution in [-0.2, 0) is 50.8 Å². The Hall–Kier alpha value is -5.91. The minimum atomic E-state index is -3.20. The summed E-state index contributed by atoms with van der Waals surface area (Å²) >= 11 is 0. The van der Waals surface area contributed by atoms with E-state index in [0.29, 0.717) is 23.9 Å². The van der Waals surface area contributed by atoms with Gasteiger partial charge in [0.15, 0.2) is 0 Å². The van der Waals surface area contributed by atoms with Crippen LogP contribution in [0.15, 0.2) is 109 Å². The van der Waals surface area contributed by atoms with Crippen LogP contribution in [0.5, 0.6) is 0 Å². The number of rotatable bonds is 15. The molecule has 4 amide bonds. The number of piperidine rings is 4. The summed E-state index contributed by atoms with van der Waals surface area (Å²) in [7, 11) is -3.20. The molecule has 0 saturated carbocycles. The van der Waals surface area contributed by atoms with E-state index in [2.05, 4.69) is 182 Å². The normalized spacial score (nSPS) is 22.8. The van der Waals surface area contributed by atoms with E-state index in [0.717, 1.165) is 76.3 Å². The van der Waals surface area contributed by atoms with Crippen molar-refractivity contribution in [1.82, 2.24) is 40.3 Å². The van der Waals surface area contributed by atoms with Gasteiger partial charge in [0, 0.05) is 57.6 Å². The summed E-state index contributed by atoms with van der Waals surface area (Å²) in [4.78, 5) is 56.9. The Balaban J connectivity index is 0.000000253. The third-order valence-corrected chi connectivity index (χ3v) is 25.0. The molecule has 4 heterocycles. The van der Waals surface area contributed by atoms with Crippen LogP contribution in [0.2, 0.25) is 0 Å². The number of sulfonamides is 1. The zero-order chi connectivity index (χ0) is 74.5. The third kappa shape index (κ3) is 22.1. The second kappa shape index (κ2) is 35.2. The van der Waals surface area contributed by atoms with Crippen molar-refractivity contribution < 1.29 is 38.0 Å². The van der Waals surface area contributed by atoms with Crippen molar-refractivity contribution in [2.45, 2.75) is 270 Å². The first-order chi connectivity index (χ1) is 48.7. The quantitative estimate of drug-likeness (QED) is 0.0839. The molecule has 1 unspecified atom stereocenters. The molecule has 4 aromatic carbocycles. The predicted molar refractivity (Wildman–Crippen MR) is 429 cm³/mol. The Morgan fingerprint density at radius 2 is 0.874 bits per heavy atom. The third-order valence-electron chi connectivity index (χ3n) is 24.2. The van der Waals surface area contributed by atoms with Crippen LogP contribution in [-0.4, -0.2) is 136 Å². The van der Waals surface area contributed by atoms with E-state index in [1.54, 1.807) is 20.8 Å². The number of benzene rings is 4. The molecule has 4 aromatic rings. The van der Waals surface area contributed by atoms with Crippen LogP contribution in [0, 0.1) is 17.3 Å². The van der Waals surface area contributed by atoms with Crippen molar-refractivity contribution in [3.05, 3.63) is 153 Å². The lowest BCUT2D eigenvalue weighted by molar-refractivity contribution is -0.120. The first kappa shape index (κ1) is 81.2. The second-order valence-corrected chi connectivity index (χ2v) is 37.2. The lowest BCUT2D eigenvalue weighted by Gasteiger charge is -2.47. The standard InChI is InChI=1S/C24H36N2O.C21H30N2O3.C21H34N2O2S.C21H32N2O.4H2/c1-18(2)8-7-9-19(3)17-26-14-12-24(13-15-26)16-23(25-20(4)27)21-10-5-6-11-22(21)24;1-15(24)22-18-9-10-21(17-8-6-5-7-16(17)18)11-13-23(14-12-21)19(25)26-20(2,3)4;1-20(2,3)11-14-23-15-12-21(13-16-23)10-9-19(22-26(4,24)25)17-7-5-6-8-18(17)21;1-16(2)9-13-23-14-11-21(12-15-23)10-8-20(22-17(3)24)18-6-4-5-7-19(18)21;;;;/h5-6,8,10-11,19,23H,7,9,12-17H2,1-4H3,(H,25,27);5-8,18H,9-14H2,1-4H3,(H,22,24);5-8,19,22H,9-16H2,1-4H3;4-7,16,20H,8-15H2,1-3H3,(H,22,24);4*1H/t19?,23-;18-;19-;20-;;;;/m0000..../s1. The number of likely N-dealkylation sites (tertiary alicyclic amines) is 4. The van der Waals surface area contributed by atoms with E-state index in [1.807, 2.05) is 37.8 Å².